The summed E-state index contributed by atoms with van der Waals surface area (Å²) in [4.78, 5) is 42.4. The van der Waals surface area contributed by atoms with Gasteiger partial charge in [0, 0.05) is 6.54 Å². The Bertz CT molecular complexity index is 1020. The first-order valence-electron chi connectivity index (χ1n) is 10.2. The van der Waals surface area contributed by atoms with E-state index in [1.165, 1.54) is 12.1 Å². The van der Waals surface area contributed by atoms with Crippen LogP contribution < -0.4 is 0 Å². The maximum atomic E-state index is 13.7. The normalized spacial score (nSPS) is 23.7. The molecule has 0 unspecified atom stereocenters. The first kappa shape index (κ1) is 18.7. The molecule has 0 radical (unpaired) electrons. The summed E-state index contributed by atoms with van der Waals surface area (Å²) in [5, 5.41) is 0. The Kier molecular flexibility index (Phi) is 4.50. The molecule has 0 spiro atoms. The van der Waals surface area contributed by atoms with Crippen molar-refractivity contribution in [2.45, 2.75) is 31.3 Å². The zero-order chi connectivity index (χ0) is 20.8. The smallest absolute Gasteiger partial charge is 0.262 e. The molecule has 2 aromatic rings. The third-order valence-electron chi connectivity index (χ3n) is 6.08. The molecule has 0 aromatic heterocycles. The molecular formula is C24H21FN2O3. The molecule has 0 N–H and O–H groups in total. The lowest BCUT2D eigenvalue weighted by molar-refractivity contribution is -0.137. The van der Waals surface area contributed by atoms with Gasteiger partial charge in [-0.3, -0.25) is 19.3 Å². The highest BCUT2D eigenvalue weighted by Gasteiger charge is 2.45. The molecular weight excluding hydrogens is 383 g/mol. The Morgan fingerprint density at radius 1 is 0.900 bits per heavy atom. The van der Waals surface area contributed by atoms with Gasteiger partial charge in [-0.05, 0) is 55.0 Å². The number of carbonyl (C=O) groups is 3. The predicted octanol–water partition coefficient (Wildman–Crippen LogP) is 3.73. The molecule has 0 saturated heterocycles. The summed E-state index contributed by atoms with van der Waals surface area (Å²) in [5.41, 5.74) is 1.49. The van der Waals surface area contributed by atoms with E-state index in [1.54, 1.807) is 41.3 Å². The SMILES string of the molecule is O=C1[C@H](N2C(=O)c3ccccc3C2=O)CC=C[C@@H](c2ccc(F)cc2)N1CC1CC1. The zero-order valence-electron chi connectivity index (χ0n) is 16.3. The van der Waals surface area contributed by atoms with Crippen LogP contribution in [0.4, 0.5) is 4.39 Å². The minimum absolute atomic E-state index is 0.240. The second kappa shape index (κ2) is 7.20. The molecule has 3 aliphatic rings. The van der Waals surface area contributed by atoms with Crippen molar-refractivity contribution in [3.8, 4) is 0 Å². The molecule has 2 aliphatic heterocycles. The van der Waals surface area contributed by atoms with Gasteiger partial charge in [-0.15, -0.1) is 0 Å². The fourth-order valence-corrected chi connectivity index (χ4v) is 4.31. The summed E-state index contributed by atoms with van der Waals surface area (Å²) in [6, 6.07) is 11.6. The summed E-state index contributed by atoms with van der Waals surface area (Å²) in [7, 11) is 0. The Labute approximate surface area is 173 Å². The Morgan fingerprint density at radius 3 is 2.13 bits per heavy atom. The molecule has 152 valence electrons. The van der Waals surface area contributed by atoms with Crippen molar-refractivity contribution in [2.24, 2.45) is 5.92 Å². The first-order valence-corrected chi connectivity index (χ1v) is 10.2. The van der Waals surface area contributed by atoms with Crippen LogP contribution >= 0.6 is 0 Å². The summed E-state index contributed by atoms with van der Waals surface area (Å²) < 4.78 is 13.4. The van der Waals surface area contributed by atoms with E-state index < -0.39 is 17.9 Å². The molecule has 1 saturated carbocycles. The molecule has 3 amide bonds. The van der Waals surface area contributed by atoms with Crippen molar-refractivity contribution in [1.29, 1.82) is 0 Å². The minimum Gasteiger partial charge on any atom is -0.330 e. The number of hydrogen-bond acceptors (Lipinski definition) is 3. The van der Waals surface area contributed by atoms with Crippen molar-refractivity contribution in [2.75, 3.05) is 6.54 Å². The highest BCUT2D eigenvalue weighted by Crippen LogP contribution is 2.36. The second-order valence-corrected chi connectivity index (χ2v) is 8.14. The topological polar surface area (TPSA) is 57.7 Å². The average molecular weight is 404 g/mol. The third-order valence-corrected chi connectivity index (χ3v) is 6.08. The fraction of sp³-hybridized carbons (Fsp3) is 0.292. The van der Waals surface area contributed by atoms with Crippen LogP contribution in [-0.2, 0) is 4.79 Å². The lowest BCUT2D eigenvalue weighted by Crippen LogP contribution is -2.51. The van der Waals surface area contributed by atoms with Gasteiger partial charge in [0.15, 0.2) is 0 Å². The summed E-state index contributed by atoms with van der Waals surface area (Å²) in [6.07, 6.45) is 6.16. The van der Waals surface area contributed by atoms with Gasteiger partial charge in [-0.1, -0.05) is 36.4 Å². The number of nitrogens with zero attached hydrogens (tertiary/aromatic N) is 2. The molecule has 2 atom stereocenters. The van der Waals surface area contributed by atoms with Gasteiger partial charge in [0.25, 0.3) is 11.8 Å². The van der Waals surface area contributed by atoms with Crippen LogP contribution in [0.15, 0.2) is 60.7 Å². The summed E-state index contributed by atoms with van der Waals surface area (Å²) in [5.74, 6) is -0.995. The minimum atomic E-state index is -0.877. The van der Waals surface area contributed by atoms with Gasteiger partial charge < -0.3 is 4.90 Å². The Morgan fingerprint density at radius 2 is 1.53 bits per heavy atom. The van der Waals surface area contributed by atoms with E-state index in [-0.39, 0.29) is 24.2 Å². The van der Waals surface area contributed by atoms with Gasteiger partial charge in [0.05, 0.1) is 17.2 Å². The fourth-order valence-electron chi connectivity index (χ4n) is 4.31. The van der Waals surface area contributed by atoms with E-state index >= 15 is 0 Å². The largest absolute Gasteiger partial charge is 0.330 e. The zero-order valence-corrected chi connectivity index (χ0v) is 16.3. The molecule has 1 aliphatic carbocycles. The molecule has 0 bridgehead atoms. The van der Waals surface area contributed by atoms with Crippen molar-refractivity contribution < 1.29 is 18.8 Å². The van der Waals surface area contributed by atoms with Crippen LogP contribution in [0.3, 0.4) is 0 Å². The van der Waals surface area contributed by atoms with Crippen LogP contribution in [0.25, 0.3) is 0 Å². The van der Waals surface area contributed by atoms with Crippen LogP contribution in [0, 0.1) is 11.7 Å². The number of carbonyl (C=O) groups excluding carboxylic acids is 3. The molecule has 6 heteroatoms. The van der Waals surface area contributed by atoms with Crippen LogP contribution in [0.5, 0.6) is 0 Å². The Hall–Kier alpha value is -3.28. The molecule has 1 fully saturated rings. The molecule has 2 aromatic carbocycles. The monoisotopic (exact) mass is 404 g/mol. The van der Waals surface area contributed by atoms with Gasteiger partial charge in [0.2, 0.25) is 5.91 Å². The lowest BCUT2D eigenvalue weighted by Gasteiger charge is -2.33. The first-order chi connectivity index (χ1) is 14.5. The van der Waals surface area contributed by atoms with E-state index in [0.29, 0.717) is 23.6 Å². The number of hydrogen-bond donors (Lipinski definition) is 0. The summed E-state index contributed by atoms with van der Waals surface area (Å²) >= 11 is 0. The number of fused-ring (bicyclic) bond motifs is 1. The van der Waals surface area contributed by atoms with E-state index in [1.807, 2.05) is 12.2 Å². The van der Waals surface area contributed by atoms with Gasteiger partial charge in [0.1, 0.15) is 11.9 Å². The molecule has 5 rings (SSSR count). The van der Waals surface area contributed by atoms with Crippen molar-refractivity contribution in [3.05, 3.63) is 83.2 Å². The highest BCUT2D eigenvalue weighted by molar-refractivity contribution is 6.22. The third kappa shape index (κ3) is 3.12. The predicted molar refractivity (Wildman–Crippen MR) is 108 cm³/mol. The highest BCUT2D eigenvalue weighted by atomic mass is 19.1. The number of halogens is 1. The van der Waals surface area contributed by atoms with E-state index in [0.717, 1.165) is 23.3 Å². The maximum Gasteiger partial charge on any atom is 0.262 e. The van der Waals surface area contributed by atoms with Crippen LogP contribution in [0.1, 0.15) is 51.6 Å². The maximum absolute atomic E-state index is 13.7. The van der Waals surface area contributed by atoms with Gasteiger partial charge in [-0.2, -0.15) is 0 Å². The molecule has 30 heavy (non-hydrogen) atoms. The average Bonchev–Trinajstić information content (AvgIpc) is 3.56. The van der Waals surface area contributed by atoms with Gasteiger partial charge >= 0.3 is 0 Å². The van der Waals surface area contributed by atoms with Crippen molar-refractivity contribution in [1.82, 2.24) is 9.80 Å². The molecule has 2 heterocycles. The van der Waals surface area contributed by atoms with E-state index in [9.17, 15) is 18.8 Å². The standard InChI is InChI=1S/C24H21FN2O3/c25-17-12-10-16(11-13-17)20-6-3-7-21(24(30)26(20)14-15-8-9-15)27-22(28)18-4-1-2-5-19(18)23(27)29/h1-6,10-13,15,20-21H,7-9,14H2/t20-,21+/m0/s1. The lowest BCUT2D eigenvalue weighted by atomic mass is 10.0. The quantitative estimate of drug-likeness (QED) is 0.576. The van der Waals surface area contributed by atoms with E-state index in [4.69, 9.17) is 0 Å². The Balaban J connectivity index is 1.49. The molecule has 5 nitrogen and oxygen atoms in total. The van der Waals surface area contributed by atoms with E-state index in [2.05, 4.69) is 0 Å². The van der Waals surface area contributed by atoms with Crippen molar-refractivity contribution in [3.63, 3.8) is 0 Å². The number of imide groups is 1. The number of amides is 3. The number of rotatable bonds is 4. The van der Waals surface area contributed by atoms with Crippen molar-refractivity contribution >= 4 is 17.7 Å². The van der Waals surface area contributed by atoms with Crippen LogP contribution in [-0.4, -0.2) is 40.1 Å². The summed E-state index contributed by atoms with van der Waals surface area (Å²) in [6.45, 7) is 0.560. The van der Waals surface area contributed by atoms with Gasteiger partial charge in [-0.25, -0.2) is 4.39 Å². The number of benzene rings is 2. The van der Waals surface area contributed by atoms with Crippen LogP contribution in [0.2, 0.25) is 0 Å². The second-order valence-electron chi connectivity index (χ2n) is 8.14.